The van der Waals surface area contributed by atoms with Gasteiger partial charge in [-0.05, 0) is 176 Å². The number of hydrogen-bond donors (Lipinski definition) is 0. The number of rotatable bonds is 28. The van der Waals surface area contributed by atoms with Crippen molar-refractivity contribution >= 4 is 41.5 Å². The molecule has 0 aromatic heterocycles. The van der Waals surface area contributed by atoms with E-state index in [1.54, 1.807) is 92.8 Å². The Bertz CT molecular complexity index is 2290. The number of ether oxygens (including phenoxy) is 8. The van der Waals surface area contributed by atoms with Crippen molar-refractivity contribution in [1.29, 1.82) is 0 Å². The predicted octanol–water partition coefficient (Wildman–Crippen LogP) is 9.94. The van der Waals surface area contributed by atoms with E-state index in [-0.39, 0.29) is 35.3 Å². The van der Waals surface area contributed by atoms with E-state index in [0.29, 0.717) is 112 Å². The molecular weight excluding hydrogens is 925 g/mol. The lowest BCUT2D eigenvalue weighted by Crippen LogP contribution is -2.31. The highest BCUT2D eigenvalue weighted by Crippen LogP contribution is 2.35. The Hall–Kier alpha value is -6.97. The van der Waals surface area contributed by atoms with E-state index < -0.39 is 35.7 Å². The number of unbranched alkanes of at least 4 members (excludes halogenated alkanes) is 6. The third-order valence-electron chi connectivity index (χ3n) is 12.4. The summed E-state index contributed by atoms with van der Waals surface area (Å²) in [5, 5.41) is 6.14. The van der Waals surface area contributed by atoms with Gasteiger partial charge in [0.25, 0.3) is 0 Å². The van der Waals surface area contributed by atoms with Crippen molar-refractivity contribution in [1.82, 2.24) is 5.01 Å². The molecule has 0 N–H and O–H groups in total. The van der Waals surface area contributed by atoms with E-state index in [1.165, 1.54) is 0 Å². The Labute approximate surface area is 423 Å². The minimum atomic E-state index is -0.425. The van der Waals surface area contributed by atoms with E-state index in [2.05, 4.69) is 18.3 Å². The smallest absolute Gasteiger partial charge is 0.330 e. The normalized spacial score (nSPS) is 17.6. The Morgan fingerprint density at radius 1 is 0.486 bits per heavy atom. The quantitative estimate of drug-likeness (QED) is 0.0167. The van der Waals surface area contributed by atoms with Crippen LogP contribution >= 0.6 is 0 Å². The molecule has 16 heteroatoms. The molecule has 3 aromatic carbocycles. The number of esters is 6. The zero-order valence-corrected chi connectivity index (χ0v) is 42.0. The number of carbonyl (C=O) groups excluding carboxylic acids is 6. The van der Waals surface area contributed by atoms with Crippen LogP contribution in [-0.2, 0) is 38.2 Å². The van der Waals surface area contributed by atoms with Gasteiger partial charge in [-0.15, -0.1) is 0 Å². The van der Waals surface area contributed by atoms with Gasteiger partial charge >= 0.3 is 35.8 Å². The van der Waals surface area contributed by atoms with Crippen molar-refractivity contribution in [3.05, 3.63) is 97.6 Å². The standard InChI is InChI=1S/C56H70N2O14/c1-6-51(59)67-36-14-10-8-12-34-65-44-24-28-46(29-25-44)69-53(61)40-16-18-42(19-17-40)55(63)71-48-32-33-50(49(38-48)39(3)57-58(4)5)72-56(64)43-22-20-41(21-23-43)54(62)70-47-30-26-45(27-31-47)66-35-13-9-11-15-37-68-52(60)7-2/h6-7,24-33,38,40-43H,1-2,8-23,34-37H2,3-5H3/b57-39+. The van der Waals surface area contributed by atoms with Crippen LogP contribution in [-0.4, -0.2) is 87.1 Å². The number of hydrazone groups is 1. The van der Waals surface area contributed by atoms with Crippen molar-refractivity contribution in [2.75, 3.05) is 40.5 Å². The summed E-state index contributed by atoms with van der Waals surface area (Å²) in [6.45, 7) is 10.4. The van der Waals surface area contributed by atoms with Gasteiger partial charge in [0.2, 0.25) is 0 Å². The monoisotopic (exact) mass is 994 g/mol. The lowest BCUT2D eigenvalue weighted by atomic mass is 9.82. The van der Waals surface area contributed by atoms with E-state index in [9.17, 15) is 28.8 Å². The molecule has 5 rings (SSSR count). The fourth-order valence-corrected chi connectivity index (χ4v) is 8.38. The summed E-state index contributed by atoms with van der Waals surface area (Å²) in [6, 6.07) is 18.7. The second-order valence-corrected chi connectivity index (χ2v) is 18.2. The summed E-state index contributed by atoms with van der Waals surface area (Å²) in [4.78, 5) is 75.3. The summed E-state index contributed by atoms with van der Waals surface area (Å²) in [7, 11) is 3.54. The SMILES string of the molecule is C=CC(=O)OCCCCCCOc1ccc(OC(=O)C2CCC(C(=O)Oc3ccc(OC(=O)C4CCC(C(=O)Oc5ccc(OCCCCCCOC(=O)C=C)cc5)CC4)c(/C(C)=N/N(C)C)c3)CC2)cc1. The van der Waals surface area contributed by atoms with Crippen molar-refractivity contribution in [2.45, 2.75) is 110 Å². The molecule has 0 radical (unpaired) electrons. The fraction of sp³-hybridized carbons (Fsp3) is 0.482. The van der Waals surface area contributed by atoms with E-state index >= 15 is 0 Å². The number of hydrogen-bond acceptors (Lipinski definition) is 16. The van der Waals surface area contributed by atoms with Gasteiger partial charge in [0.05, 0.1) is 55.8 Å². The Morgan fingerprint density at radius 3 is 1.19 bits per heavy atom. The zero-order chi connectivity index (χ0) is 51.7. The van der Waals surface area contributed by atoms with Crippen LogP contribution in [0, 0.1) is 23.7 Å². The lowest BCUT2D eigenvalue weighted by molar-refractivity contribution is -0.145. The van der Waals surface area contributed by atoms with Gasteiger partial charge < -0.3 is 42.9 Å². The number of nitrogens with zero attached hydrogens (tertiary/aromatic N) is 2. The van der Waals surface area contributed by atoms with Crippen molar-refractivity contribution in [3.63, 3.8) is 0 Å². The van der Waals surface area contributed by atoms with Crippen molar-refractivity contribution < 1.29 is 66.7 Å². The predicted molar refractivity (Wildman–Crippen MR) is 269 cm³/mol. The Morgan fingerprint density at radius 2 is 0.819 bits per heavy atom. The van der Waals surface area contributed by atoms with Crippen molar-refractivity contribution in [2.24, 2.45) is 28.8 Å². The molecule has 72 heavy (non-hydrogen) atoms. The van der Waals surface area contributed by atoms with Crippen LogP contribution in [0.5, 0.6) is 34.5 Å². The summed E-state index contributed by atoms with van der Waals surface area (Å²) in [6.07, 6.45) is 13.0. The highest BCUT2D eigenvalue weighted by Gasteiger charge is 2.34. The van der Waals surface area contributed by atoms with Gasteiger partial charge in [-0.25, -0.2) is 9.59 Å². The zero-order valence-electron chi connectivity index (χ0n) is 42.0. The summed E-state index contributed by atoms with van der Waals surface area (Å²) in [5.74, 6) is -1.17. The van der Waals surface area contributed by atoms with Crippen LogP contribution in [0.3, 0.4) is 0 Å². The second kappa shape index (κ2) is 30.0. The molecular formula is C56H70N2O14. The molecule has 0 aliphatic heterocycles. The molecule has 0 unspecified atom stereocenters. The molecule has 0 amide bonds. The van der Waals surface area contributed by atoms with Crippen LogP contribution < -0.4 is 28.4 Å². The molecule has 3 aromatic rings. The van der Waals surface area contributed by atoms with Gasteiger partial charge in [-0.3, -0.25) is 19.2 Å². The van der Waals surface area contributed by atoms with Crippen LogP contribution in [0.25, 0.3) is 0 Å². The van der Waals surface area contributed by atoms with Crippen LogP contribution in [0.15, 0.2) is 97.1 Å². The molecule has 2 aliphatic rings. The average Bonchev–Trinajstić information content (AvgIpc) is 3.38. The highest BCUT2D eigenvalue weighted by atomic mass is 16.6. The molecule has 0 atom stereocenters. The third-order valence-corrected chi connectivity index (χ3v) is 12.4. The first kappa shape index (κ1) is 56.0. The molecule has 2 saturated carbocycles. The van der Waals surface area contributed by atoms with Crippen LogP contribution in [0.4, 0.5) is 0 Å². The van der Waals surface area contributed by atoms with Gasteiger partial charge in [0.1, 0.15) is 34.5 Å². The van der Waals surface area contributed by atoms with Gasteiger partial charge in [0, 0.05) is 31.8 Å². The first-order chi connectivity index (χ1) is 34.8. The summed E-state index contributed by atoms with van der Waals surface area (Å²) in [5.41, 5.74) is 1.03. The highest BCUT2D eigenvalue weighted by molar-refractivity contribution is 6.02. The molecule has 0 saturated heterocycles. The van der Waals surface area contributed by atoms with Gasteiger partial charge in [-0.1, -0.05) is 13.2 Å². The van der Waals surface area contributed by atoms with E-state index in [1.807, 2.05) is 0 Å². The molecule has 0 heterocycles. The molecule has 16 nitrogen and oxygen atoms in total. The first-order valence-corrected chi connectivity index (χ1v) is 25.1. The van der Waals surface area contributed by atoms with Gasteiger partial charge in [0.15, 0.2) is 0 Å². The van der Waals surface area contributed by atoms with Crippen LogP contribution in [0.2, 0.25) is 0 Å². The topological polar surface area (TPSA) is 192 Å². The average molecular weight is 995 g/mol. The van der Waals surface area contributed by atoms with E-state index in [0.717, 1.165) is 63.5 Å². The Balaban J connectivity index is 1.01. The van der Waals surface area contributed by atoms with E-state index in [4.69, 9.17) is 37.9 Å². The third kappa shape index (κ3) is 19.3. The molecule has 0 bridgehead atoms. The second-order valence-electron chi connectivity index (χ2n) is 18.2. The molecule has 2 aliphatic carbocycles. The van der Waals surface area contributed by atoms with Crippen LogP contribution in [0.1, 0.15) is 115 Å². The maximum Gasteiger partial charge on any atom is 0.330 e. The van der Waals surface area contributed by atoms with Gasteiger partial charge in [-0.2, -0.15) is 5.10 Å². The van der Waals surface area contributed by atoms with Crippen molar-refractivity contribution in [3.8, 4) is 34.5 Å². The Kier molecular flexibility index (Phi) is 23.3. The maximum absolute atomic E-state index is 13.6. The molecule has 388 valence electrons. The minimum Gasteiger partial charge on any atom is -0.494 e. The molecule has 0 spiro atoms. The first-order valence-electron chi connectivity index (χ1n) is 25.1. The largest absolute Gasteiger partial charge is 0.494 e. The number of carbonyl (C=O) groups is 6. The maximum atomic E-state index is 13.6. The summed E-state index contributed by atoms with van der Waals surface area (Å²) < 4.78 is 44.8. The lowest BCUT2D eigenvalue weighted by Gasteiger charge is -2.26. The fourth-order valence-electron chi connectivity index (χ4n) is 8.38. The molecule has 2 fully saturated rings. The minimum absolute atomic E-state index is 0.274. The summed E-state index contributed by atoms with van der Waals surface area (Å²) >= 11 is 0. The number of benzene rings is 3.